The van der Waals surface area contributed by atoms with Crippen LogP contribution < -0.4 is 0 Å². The molecule has 0 fully saturated rings. The van der Waals surface area contributed by atoms with E-state index < -0.39 is 0 Å². The quantitative estimate of drug-likeness (QED) is 0.491. The number of aromatic hydroxyl groups is 1. The van der Waals surface area contributed by atoms with E-state index in [0.717, 1.165) is 33.4 Å². The molecule has 0 saturated carbocycles. The van der Waals surface area contributed by atoms with E-state index in [2.05, 4.69) is 39.4 Å². The summed E-state index contributed by atoms with van der Waals surface area (Å²) in [7, 11) is 0. The van der Waals surface area contributed by atoms with Gasteiger partial charge in [-0.05, 0) is 55.2 Å². The van der Waals surface area contributed by atoms with E-state index in [1.54, 1.807) is 18.5 Å². The highest BCUT2D eigenvalue weighted by Crippen LogP contribution is 2.46. The van der Waals surface area contributed by atoms with Crippen LogP contribution in [0.1, 0.15) is 49.9 Å². The van der Waals surface area contributed by atoms with Gasteiger partial charge in [0.2, 0.25) is 0 Å². The zero-order valence-electron chi connectivity index (χ0n) is 18.3. The molecule has 1 amide bonds. The fourth-order valence-corrected chi connectivity index (χ4v) is 4.59. The highest BCUT2D eigenvalue weighted by Gasteiger charge is 2.42. The summed E-state index contributed by atoms with van der Waals surface area (Å²) >= 11 is 0. The van der Waals surface area contributed by atoms with E-state index in [1.165, 1.54) is 0 Å². The summed E-state index contributed by atoms with van der Waals surface area (Å²) in [5, 5.41) is 18.2. The Balaban J connectivity index is 1.69. The van der Waals surface area contributed by atoms with E-state index >= 15 is 0 Å². The molecular formula is C26H24N4O2. The Morgan fingerprint density at radius 3 is 2.53 bits per heavy atom. The van der Waals surface area contributed by atoms with Crippen molar-refractivity contribution in [2.24, 2.45) is 0 Å². The topological polar surface area (TPSA) is 82.1 Å². The van der Waals surface area contributed by atoms with Crippen molar-refractivity contribution < 1.29 is 9.90 Å². The number of fused-ring (bicyclic) bond motifs is 1. The molecule has 160 valence electrons. The minimum absolute atomic E-state index is 0.113. The molecule has 6 heteroatoms. The third-order valence-corrected chi connectivity index (χ3v) is 6.03. The third-order valence-electron chi connectivity index (χ3n) is 6.03. The molecule has 2 aromatic carbocycles. The van der Waals surface area contributed by atoms with Gasteiger partial charge >= 0.3 is 0 Å². The van der Waals surface area contributed by atoms with Crippen molar-refractivity contribution in [3.05, 3.63) is 100.0 Å². The number of hydrogen-bond donors (Lipinski definition) is 2. The smallest absolute Gasteiger partial charge is 0.273 e. The van der Waals surface area contributed by atoms with Crippen LogP contribution in [0.25, 0.3) is 11.3 Å². The number of pyridine rings is 1. The fraction of sp³-hybridized carbons (Fsp3) is 0.192. The van der Waals surface area contributed by atoms with Gasteiger partial charge in [-0.2, -0.15) is 5.10 Å². The lowest BCUT2D eigenvalue weighted by molar-refractivity contribution is 0.0730. The maximum atomic E-state index is 13.5. The predicted octanol–water partition coefficient (Wildman–Crippen LogP) is 4.85. The minimum atomic E-state index is -0.327. The third kappa shape index (κ3) is 3.24. The number of carbonyl (C=O) groups is 1. The summed E-state index contributed by atoms with van der Waals surface area (Å²) in [6.45, 7) is 6.36. The number of benzene rings is 2. The molecule has 0 bridgehead atoms. The lowest BCUT2D eigenvalue weighted by Crippen LogP contribution is -2.29. The average molecular weight is 425 g/mol. The molecule has 1 atom stereocenters. The van der Waals surface area contributed by atoms with Crippen molar-refractivity contribution in [3.8, 4) is 17.0 Å². The van der Waals surface area contributed by atoms with Crippen molar-refractivity contribution in [2.45, 2.75) is 33.4 Å². The van der Waals surface area contributed by atoms with Gasteiger partial charge in [0.15, 0.2) is 0 Å². The van der Waals surface area contributed by atoms with Crippen molar-refractivity contribution >= 4 is 5.91 Å². The first kappa shape index (κ1) is 20.0. The molecule has 6 nitrogen and oxygen atoms in total. The number of carbonyl (C=O) groups excluding carboxylic acids is 1. The van der Waals surface area contributed by atoms with E-state index in [1.807, 2.05) is 43.9 Å². The standard InChI is InChI=1S/C26H24N4O2/c1-15-6-8-19(9-7-15)25-22-23(21-17(3)11-16(2)12-20(21)31)28-29-24(22)26(32)30(25)14-18-5-4-10-27-13-18/h4-13,25,31H,14H2,1-3H3,(H,28,29). The average Bonchev–Trinajstić information content (AvgIpc) is 3.29. The molecule has 5 rings (SSSR count). The minimum Gasteiger partial charge on any atom is -0.507 e. The summed E-state index contributed by atoms with van der Waals surface area (Å²) in [4.78, 5) is 19.5. The van der Waals surface area contributed by atoms with Crippen LogP contribution in [0.5, 0.6) is 5.75 Å². The van der Waals surface area contributed by atoms with Crippen molar-refractivity contribution in [2.75, 3.05) is 0 Å². The number of aromatic amines is 1. The summed E-state index contributed by atoms with van der Waals surface area (Å²) in [5.41, 5.74) is 7.52. The Hall–Kier alpha value is -3.93. The number of phenols is 1. The molecule has 2 aromatic heterocycles. The van der Waals surface area contributed by atoms with E-state index in [0.29, 0.717) is 23.5 Å². The van der Waals surface area contributed by atoms with Gasteiger partial charge in [0, 0.05) is 30.1 Å². The van der Waals surface area contributed by atoms with Crippen LogP contribution in [0.3, 0.4) is 0 Å². The number of nitrogens with one attached hydrogen (secondary N) is 1. The SMILES string of the molecule is Cc1ccc(C2c3c(-c4c(C)cc(C)cc4O)n[nH]c3C(=O)N2Cc2cccnc2)cc1. The number of rotatable bonds is 4. The molecule has 32 heavy (non-hydrogen) atoms. The van der Waals surface area contributed by atoms with E-state index in [4.69, 9.17) is 0 Å². The van der Waals surface area contributed by atoms with Crippen LogP contribution in [-0.4, -0.2) is 31.1 Å². The van der Waals surface area contributed by atoms with E-state index in [9.17, 15) is 9.90 Å². The number of amides is 1. The zero-order valence-corrected chi connectivity index (χ0v) is 18.3. The summed E-state index contributed by atoms with van der Waals surface area (Å²) < 4.78 is 0. The molecule has 0 radical (unpaired) electrons. The van der Waals surface area contributed by atoms with E-state index in [-0.39, 0.29) is 17.7 Å². The van der Waals surface area contributed by atoms with Gasteiger partial charge in [-0.15, -0.1) is 0 Å². The molecule has 2 N–H and O–H groups in total. The lowest BCUT2D eigenvalue weighted by Gasteiger charge is -2.26. The van der Waals surface area contributed by atoms with Gasteiger partial charge in [0.05, 0.1) is 6.04 Å². The maximum Gasteiger partial charge on any atom is 0.273 e. The lowest BCUT2D eigenvalue weighted by atomic mass is 9.92. The maximum absolute atomic E-state index is 13.5. The zero-order chi connectivity index (χ0) is 22.4. The molecule has 0 saturated heterocycles. The number of nitrogens with zero attached hydrogens (tertiary/aromatic N) is 3. The molecule has 4 aromatic rings. The van der Waals surface area contributed by atoms with Gasteiger partial charge in [0.25, 0.3) is 5.91 Å². The Bertz CT molecular complexity index is 1290. The summed E-state index contributed by atoms with van der Waals surface area (Å²) in [5.74, 6) is 0.0510. The number of hydrogen-bond acceptors (Lipinski definition) is 4. The van der Waals surface area contributed by atoms with Crippen LogP contribution in [0.15, 0.2) is 60.9 Å². The molecule has 0 spiro atoms. The van der Waals surface area contributed by atoms with Crippen molar-refractivity contribution in [3.63, 3.8) is 0 Å². The Morgan fingerprint density at radius 1 is 1.06 bits per heavy atom. The number of aryl methyl sites for hydroxylation is 3. The second kappa shape index (κ2) is 7.64. The van der Waals surface area contributed by atoms with Crippen molar-refractivity contribution in [1.82, 2.24) is 20.1 Å². The number of phenolic OH excluding ortho intramolecular Hbond substituents is 1. The van der Waals surface area contributed by atoms with Crippen LogP contribution in [0.2, 0.25) is 0 Å². The number of aromatic nitrogens is 3. The molecular weight excluding hydrogens is 400 g/mol. The van der Waals surface area contributed by atoms with Gasteiger partial charge < -0.3 is 10.0 Å². The summed E-state index contributed by atoms with van der Waals surface area (Å²) in [6.07, 6.45) is 3.50. The van der Waals surface area contributed by atoms with Crippen molar-refractivity contribution in [1.29, 1.82) is 0 Å². The monoisotopic (exact) mass is 424 g/mol. The van der Waals surface area contributed by atoms with Gasteiger partial charge in [-0.25, -0.2) is 0 Å². The van der Waals surface area contributed by atoms with Gasteiger partial charge in [-0.1, -0.05) is 42.0 Å². The fourth-order valence-electron chi connectivity index (χ4n) is 4.59. The Kier molecular flexibility index (Phi) is 4.78. The van der Waals surface area contributed by atoms with Crippen LogP contribution in [0, 0.1) is 20.8 Å². The molecule has 1 aliphatic heterocycles. The number of H-pyrrole nitrogens is 1. The first-order valence-corrected chi connectivity index (χ1v) is 10.6. The second-order valence-electron chi connectivity index (χ2n) is 8.44. The Labute approximate surface area is 186 Å². The molecule has 1 aliphatic rings. The highest BCUT2D eigenvalue weighted by atomic mass is 16.3. The molecule has 0 aliphatic carbocycles. The normalized spacial score (nSPS) is 15.3. The van der Waals surface area contributed by atoms with Crippen LogP contribution in [0.4, 0.5) is 0 Å². The summed E-state index contributed by atoms with van der Waals surface area (Å²) in [6, 6.07) is 15.5. The Morgan fingerprint density at radius 2 is 1.84 bits per heavy atom. The predicted molar refractivity (Wildman–Crippen MR) is 122 cm³/mol. The van der Waals surface area contributed by atoms with Crippen LogP contribution >= 0.6 is 0 Å². The largest absolute Gasteiger partial charge is 0.507 e. The second-order valence-corrected chi connectivity index (χ2v) is 8.44. The molecule has 3 heterocycles. The van der Waals surface area contributed by atoms with Gasteiger partial charge in [0.1, 0.15) is 17.1 Å². The van der Waals surface area contributed by atoms with Gasteiger partial charge in [-0.3, -0.25) is 14.9 Å². The van der Waals surface area contributed by atoms with Crippen LogP contribution in [-0.2, 0) is 6.54 Å². The first-order chi connectivity index (χ1) is 15.4. The first-order valence-electron chi connectivity index (χ1n) is 10.6. The highest BCUT2D eigenvalue weighted by molar-refractivity contribution is 6.00. The molecule has 1 unspecified atom stereocenters.